The van der Waals surface area contributed by atoms with Gasteiger partial charge in [-0.1, -0.05) is 19.1 Å². The minimum absolute atomic E-state index is 0.0779. The fourth-order valence-electron chi connectivity index (χ4n) is 3.28. The van der Waals surface area contributed by atoms with Crippen LogP contribution in [0.4, 0.5) is 11.4 Å². The number of rotatable bonds is 7. The van der Waals surface area contributed by atoms with E-state index in [1.54, 1.807) is 48.2 Å². The first kappa shape index (κ1) is 23.0. The van der Waals surface area contributed by atoms with Crippen molar-refractivity contribution in [2.75, 3.05) is 29.0 Å². The van der Waals surface area contributed by atoms with Gasteiger partial charge < -0.3 is 14.8 Å². The summed E-state index contributed by atoms with van der Waals surface area (Å²) in [6.07, 6.45) is 0.737. The fourth-order valence-corrected chi connectivity index (χ4v) is 5.16. The van der Waals surface area contributed by atoms with Crippen LogP contribution in [0, 0.1) is 0 Å². The summed E-state index contributed by atoms with van der Waals surface area (Å²) in [6, 6.07) is 18.5. The first-order chi connectivity index (χ1) is 16.0. The Morgan fingerprint density at radius 3 is 2.39 bits per heavy atom. The number of benzene rings is 3. The maximum absolute atomic E-state index is 12.8. The lowest BCUT2D eigenvalue weighted by Crippen LogP contribution is -2.14. The van der Waals surface area contributed by atoms with Crippen LogP contribution in [0.2, 0.25) is 0 Å². The topological polar surface area (TPSA) is 93.7 Å². The van der Waals surface area contributed by atoms with Crippen molar-refractivity contribution in [3.8, 4) is 11.5 Å². The van der Waals surface area contributed by atoms with Crippen molar-refractivity contribution in [3.63, 3.8) is 0 Å². The van der Waals surface area contributed by atoms with E-state index in [4.69, 9.17) is 9.47 Å². The smallest absolute Gasteiger partial charge is 0.262 e. The Kier molecular flexibility index (Phi) is 7.10. The summed E-state index contributed by atoms with van der Waals surface area (Å²) in [5.41, 5.74) is 1.54. The first-order valence-electron chi connectivity index (χ1n) is 10.5. The van der Waals surface area contributed by atoms with Crippen LogP contribution in [-0.4, -0.2) is 33.3 Å². The van der Waals surface area contributed by atoms with Crippen molar-refractivity contribution in [2.45, 2.75) is 23.1 Å². The largest absolute Gasteiger partial charge is 0.490 e. The van der Waals surface area contributed by atoms with Gasteiger partial charge in [-0.25, -0.2) is 8.42 Å². The molecule has 0 fully saturated rings. The number of nitrogens with one attached hydrogen (secondary N) is 2. The number of carbonyl (C=O) groups is 1. The molecule has 1 heterocycles. The highest BCUT2D eigenvalue weighted by atomic mass is 32.2. The van der Waals surface area contributed by atoms with Crippen molar-refractivity contribution in [1.82, 2.24) is 0 Å². The normalized spacial score (nSPS) is 13.1. The summed E-state index contributed by atoms with van der Waals surface area (Å²) in [4.78, 5) is 13.7. The zero-order chi connectivity index (χ0) is 23.3. The van der Waals surface area contributed by atoms with Gasteiger partial charge in [-0.3, -0.25) is 9.52 Å². The van der Waals surface area contributed by atoms with E-state index in [9.17, 15) is 13.2 Å². The molecule has 4 rings (SSSR count). The third-order valence-corrected chi connectivity index (χ3v) is 7.19. The molecule has 33 heavy (non-hydrogen) atoms. The summed E-state index contributed by atoms with van der Waals surface area (Å²) < 4.78 is 39.4. The van der Waals surface area contributed by atoms with Crippen molar-refractivity contribution >= 4 is 39.1 Å². The molecule has 0 atom stereocenters. The lowest BCUT2D eigenvalue weighted by atomic mass is 10.2. The van der Waals surface area contributed by atoms with Crippen molar-refractivity contribution < 1.29 is 22.7 Å². The molecular formula is C24H24N2O5S2. The zero-order valence-corrected chi connectivity index (χ0v) is 19.7. The van der Waals surface area contributed by atoms with Crippen molar-refractivity contribution in [3.05, 3.63) is 72.3 Å². The second-order valence-corrected chi connectivity index (χ2v) is 10.2. The number of thioether (sulfide) groups is 1. The van der Waals surface area contributed by atoms with Gasteiger partial charge >= 0.3 is 0 Å². The second kappa shape index (κ2) is 10.2. The van der Waals surface area contributed by atoms with E-state index in [0.717, 1.165) is 17.1 Å². The molecule has 1 aliphatic rings. The van der Waals surface area contributed by atoms with Crippen LogP contribution in [0.5, 0.6) is 11.5 Å². The summed E-state index contributed by atoms with van der Waals surface area (Å²) in [5, 5.41) is 2.86. The number of anilines is 2. The average Bonchev–Trinajstić information content (AvgIpc) is 3.06. The van der Waals surface area contributed by atoms with E-state index in [-0.39, 0.29) is 10.8 Å². The van der Waals surface area contributed by atoms with E-state index in [1.807, 2.05) is 25.1 Å². The quantitative estimate of drug-likeness (QED) is 0.458. The molecule has 0 saturated carbocycles. The molecule has 3 aromatic carbocycles. The van der Waals surface area contributed by atoms with Gasteiger partial charge in [0.2, 0.25) is 0 Å². The predicted octanol–water partition coefficient (Wildman–Crippen LogP) is 5.01. The molecule has 172 valence electrons. The number of hydrogen-bond donors (Lipinski definition) is 2. The number of sulfonamides is 1. The Morgan fingerprint density at radius 1 is 0.939 bits per heavy atom. The standard InChI is InChI=1S/C24H24N2O5S2/c1-2-32-23-7-4-3-6-20(23)24(27)25-17-8-10-18(11-9-17)26-33(28,29)19-12-13-21-22(16-19)31-15-5-14-30-21/h3-4,6-13,16,26H,2,5,14-15H2,1H3,(H,25,27). The fraction of sp³-hybridized carbons (Fsp3) is 0.208. The molecule has 1 aliphatic heterocycles. The lowest BCUT2D eigenvalue weighted by Gasteiger charge is -2.12. The van der Waals surface area contributed by atoms with E-state index in [0.29, 0.717) is 41.7 Å². The van der Waals surface area contributed by atoms with Gasteiger partial charge in [0.25, 0.3) is 15.9 Å². The molecule has 0 radical (unpaired) electrons. The maximum atomic E-state index is 12.8. The van der Waals surface area contributed by atoms with Crippen molar-refractivity contribution in [2.24, 2.45) is 0 Å². The van der Waals surface area contributed by atoms with Gasteiger partial charge in [-0.2, -0.15) is 0 Å². The highest BCUT2D eigenvalue weighted by Crippen LogP contribution is 2.32. The average molecular weight is 485 g/mol. The Hall–Kier alpha value is -3.17. The van der Waals surface area contributed by atoms with Gasteiger partial charge in [-0.05, 0) is 54.3 Å². The predicted molar refractivity (Wildman–Crippen MR) is 130 cm³/mol. The molecule has 2 N–H and O–H groups in total. The van der Waals surface area contributed by atoms with Gasteiger partial charge in [0.05, 0.1) is 23.7 Å². The molecule has 0 aliphatic carbocycles. The molecule has 0 unspecified atom stereocenters. The van der Waals surface area contributed by atoms with E-state index in [1.165, 1.54) is 12.1 Å². The van der Waals surface area contributed by atoms with Gasteiger partial charge in [0.15, 0.2) is 11.5 Å². The number of amides is 1. The highest BCUT2D eigenvalue weighted by Gasteiger charge is 2.19. The minimum atomic E-state index is -3.83. The molecule has 9 heteroatoms. The zero-order valence-electron chi connectivity index (χ0n) is 18.0. The van der Waals surface area contributed by atoms with Crippen molar-refractivity contribution in [1.29, 1.82) is 0 Å². The van der Waals surface area contributed by atoms with Gasteiger partial charge in [-0.15, -0.1) is 11.8 Å². The van der Waals surface area contributed by atoms with Crippen LogP contribution in [-0.2, 0) is 10.0 Å². The van der Waals surface area contributed by atoms with Crippen LogP contribution >= 0.6 is 11.8 Å². The third-order valence-electron chi connectivity index (χ3n) is 4.86. The Balaban J connectivity index is 1.45. The lowest BCUT2D eigenvalue weighted by molar-refractivity contribution is 0.102. The van der Waals surface area contributed by atoms with Crippen LogP contribution in [0.15, 0.2) is 76.5 Å². The van der Waals surface area contributed by atoms with Crippen LogP contribution < -0.4 is 19.5 Å². The molecule has 0 spiro atoms. The number of hydrogen-bond acceptors (Lipinski definition) is 6. The Labute approximate surface area is 197 Å². The highest BCUT2D eigenvalue weighted by molar-refractivity contribution is 7.99. The second-order valence-electron chi connectivity index (χ2n) is 7.23. The SMILES string of the molecule is CCSc1ccccc1C(=O)Nc1ccc(NS(=O)(=O)c2ccc3c(c2)OCCCO3)cc1. The first-order valence-corrected chi connectivity index (χ1v) is 13.0. The van der Waals surface area contributed by atoms with Crippen LogP contribution in [0.25, 0.3) is 0 Å². The van der Waals surface area contributed by atoms with E-state index < -0.39 is 10.0 Å². The number of ether oxygens (including phenoxy) is 2. The number of carbonyl (C=O) groups excluding carboxylic acids is 1. The molecule has 7 nitrogen and oxygen atoms in total. The minimum Gasteiger partial charge on any atom is -0.490 e. The Morgan fingerprint density at radius 2 is 1.64 bits per heavy atom. The molecule has 3 aromatic rings. The molecule has 0 aromatic heterocycles. The molecule has 0 bridgehead atoms. The number of fused-ring (bicyclic) bond motifs is 1. The summed E-state index contributed by atoms with van der Waals surface area (Å²) in [6.45, 7) is 3.04. The van der Waals surface area contributed by atoms with E-state index in [2.05, 4.69) is 10.0 Å². The van der Waals surface area contributed by atoms with Crippen LogP contribution in [0.1, 0.15) is 23.7 Å². The molecule has 1 amide bonds. The van der Waals surface area contributed by atoms with Gasteiger partial charge in [0, 0.05) is 28.8 Å². The summed E-state index contributed by atoms with van der Waals surface area (Å²) in [7, 11) is -3.83. The van der Waals surface area contributed by atoms with E-state index >= 15 is 0 Å². The Bertz CT molecular complexity index is 1240. The van der Waals surface area contributed by atoms with Gasteiger partial charge in [0.1, 0.15) is 0 Å². The molecule has 0 saturated heterocycles. The van der Waals surface area contributed by atoms with Crippen LogP contribution in [0.3, 0.4) is 0 Å². The molecular weight excluding hydrogens is 460 g/mol. The third kappa shape index (κ3) is 5.61. The summed E-state index contributed by atoms with van der Waals surface area (Å²) >= 11 is 1.60. The maximum Gasteiger partial charge on any atom is 0.262 e. The monoisotopic (exact) mass is 484 g/mol. The summed E-state index contributed by atoms with van der Waals surface area (Å²) in [5.74, 6) is 1.59.